The summed E-state index contributed by atoms with van der Waals surface area (Å²) in [7, 11) is 0. The van der Waals surface area contributed by atoms with E-state index in [0.29, 0.717) is 5.96 Å². The lowest BCUT2D eigenvalue weighted by atomic mass is 9.93. The predicted molar refractivity (Wildman–Crippen MR) is 120 cm³/mol. The second-order valence-electron chi connectivity index (χ2n) is 6.35. The summed E-state index contributed by atoms with van der Waals surface area (Å²) < 4.78 is 0.923. The normalized spacial score (nSPS) is 20.1. The van der Waals surface area contributed by atoms with Gasteiger partial charge in [0.05, 0.1) is 6.10 Å². The minimum Gasteiger partial charge on any atom is -0.393 e. The second-order valence-corrected chi connectivity index (χ2v) is 7.27. The maximum atomic E-state index is 12.2. The average Bonchev–Trinajstić information content (AvgIpc) is 2.58. The summed E-state index contributed by atoms with van der Waals surface area (Å²) in [4.78, 5) is 16.6. The number of amides is 1. The van der Waals surface area contributed by atoms with E-state index in [2.05, 4.69) is 36.9 Å². The Morgan fingerprint density at radius 1 is 1.31 bits per heavy atom. The van der Waals surface area contributed by atoms with E-state index in [9.17, 15) is 9.90 Å². The number of carbonyl (C=O) groups is 1. The van der Waals surface area contributed by atoms with Crippen molar-refractivity contribution in [2.24, 2.45) is 4.99 Å². The molecule has 0 aliphatic heterocycles. The largest absolute Gasteiger partial charge is 0.393 e. The van der Waals surface area contributed by atoms with E-state index in [1.165, 1.54) is 0 Å². The number of hydrogen-bond donors (Lipinski definition) is 4. The van der Waals surface area contributed by atoms with E-state index in [1.54, 1.807) is 0 Å². The zero-order valence-electron chi connectivity index (χ0n) is 15.2. The van der Waals surface area contributed by atoms with E-state index in [4.69, 9.17) is 0 Å². The molecule has 1 aromatic rings. The highest BCUT2D eigenvalue weighted by molar-refractivity contribution is 14.0. The molecule has 0 unspecified atom stereocenters. The van der Waals surface area contributed by atoms with Gasteiger partial charge in [-0.15, -0.1) is 24.0 Å². The van der Waals surface area contributed by atoms with Crippen molar-refractivity contribution in [2.75, 3.05) is 18.4 Å². The Kier molecular flexibility index (Phi) is 10.5. The highest BCUT2D eigenvalue weighted by Gasteiger charge is 2.20. The van der Waals surface area contributed by atoms with Gasteiger partial charge in [-0.2, -0.15) is 0 Å². The third kappa shape index (κ3) is 7.79. The first-order valence-electron chi connectivity index (χ1n) is 8.77. The number of rotatable bonds is 5. The number of carbonyl (C=O) groups excluding carboxylic acids is 1. The number of guanidine groups is 1. The fourth-order valence-electron chi connectivity index (χ4n) is 2.80. The van der Waals surface area contributed by atoms with Crippen LogP contribution in [0.3, 0.4) is 0 Å². The molecule has 0 bridgehead atoms. The number of aliphatic hydroxyl groups is 1. The SMILES string of the molecule is CCNC(=NCC(=O)Nc1cc(Br)ccc1C)NC1CCC(O)CC1.I. The van der Waals surface area contributed by atoms with Crippen LogP contribution in [0.25, 0.3) is 0 Å². The van der Waals surface area contributed by atoms with Crippen LogP contribution in [0.1, 0.15) is 38.2 Å². The Bertz CT molecular complexity index is 619. The Balaban J connectivity index is 0.00000338. The minimum absolute atomic E-state index is 0. The minimum atomic E-state index is -0.184. The second kappa shape index (κ2) is 11.8. The zero-order valence-corrected chi connectivity index (χ0v) is 19.1. The van der Waals surface area contributed by atoms with Gasteiger partial charge >= 0.3 is 0 Å². The van der Waals surface area contributed by atoms with E-state index < -0.39 is 0 Å². The molecule has 1 aromatic carbocycles. The van der Waals surface area contributed by atoms with Gasteiger partial charge in [0.15, 0.2) is 5.96 Å². The van der Waals surface area contributed by atoms with E-state index in [0.717, 1.165) is 48.0 Å². The number of benzene rings is 1. The molecule has 2 rings (SSSR count). The van der Waals surface area contributed by atoms with Crippen LogP contribution < -0.4 is 16.0 Å². The molecule has 1 saturated carbocycles. The van der Waals surface area contributed by atoms with Gasteiger partial charge in [-0.25, -0.2) is 4.99 Å². The highest BCUT2D eigenvalue weighted by atomic mass is 127. The molecule has 1 aliphatic rings. The van der Waals surface area contributed by atoms with Crippen LogP contribution in [0.2, 0.25) is 0 Å². The van der Waals surface area contributed by atoms with Gasteiger partial charge in [-0.05, 0) is 57.2 Å². The number of aryl methyl sites for hydroxylation is 1. The van der Waals surface area contributed by atoms with Crippen LogP contribution in [0.5, 0.6) is 0 Å². The molecule has 0 radical (unpaired) electrons. The lowest BCUT2D eigenvalue weighted by Gasteiger charge is -2.27. The maximum absolute atomic E-state index is 12.2. The van der Waals surface area contributed by atoms with Crippen molar-refractivity contribution >= 4 is 57.5 Å². The third-order valence-electron chi connectivity index (χ3n) is 4.24. The summed E-state index contributed by atoms with van der Waals surface area (Å²) in [5.74, 6) is 0.488. The molecule has 1 amide bonds. The molecule has 0 aromatic heterocycles. The molecular weight excluding hydrogens is 511 g/mol. The van der Waals surface area contributed by atoms with Gasteiger partial charge < -0.3 is 21.1 Å². The molecule has 1 fully saturated rings. The number of halogens is 2. The van der Waals surface area contributed by atoms with Gasteiger partial charge in [0.1, 0.15) is 6.54 Å². The molecule has 0 saturated heterocycles. The summed E-state index contributed by atoms with van der Waals surface area (Å²) in [6.07, 6.45) is 3.25. The van der Waals surface area contributed by atoms with Crippen molar-refractivity contribution in [1.82, 2.24) is 10.6 Å². The van der Waals surface area contributed by atoms with E-state index in [-0.39, 0.29) is 48.6 Å². The molecule has 8 heteroatoms. The zero-order chi connectivity index (χ0) is 18.2. The van der Waals surface area contributed by atoms with E-state index >= 15 is 0 Å². The highest BCUT2D eigenvalue weighted by Crippen LogP contribution is 2.20. The van der Waals surface area contributed by atoms with Crippen molar-refractivity contribution in [3.8, 4) is 0 Å². The van der Waals surface area contributed by atoms with Crippen molar-refractivity contribution in [1.29, 1.82) is 0 Å². The van der Waals surface area contributed by atoms with Gasteiger partial charge in [-0.1, -0.05) is 22.0 Å². The molecule has 0 heterocycles. The van der Waals surface area contributed by atoms with Crippen molar-refractivity contribution in [3.63, 3.8) is 0 Å². The number of nitrogens with zero attached hydrogens (tertiary/aromatic N) is 1. The molecule has 0 spiro atoms. The van der Waals surface area contributed by atoms with Crippen LogP contribution in [0.4, 0.5) is 5.69 Å². The quantitative estimate of drug-likeness (QED) is 0.263. The van der Waals surface area contributed by atoms with Crippen LogP contribution in [0, 0.1) is 6.92 Å². The van der Waals surface area contributed by atoms with E-state index in [1.807, 2.05) is 32.0 Å². The molecule has 1 aliphatic carbocycles. The summed E-state index contributed by atoms with van der Waals surface area (Å²) in [5.41, 5.74) is 1.79. The fourth-order valence-corrected chi connectivity index (χ4v) is 3.16. The fraction of sp³-hybridized carbons (Fsp3) is 0.556. The third-order valence-corrected chi connectivity index (χ3v) is 4.73. The lowest BCUT2D eigenvalue weighted by molar-refractivity contribution is -0.114. The molecular formula is C18H28BrIN4O2. The van der Waals surface area contributed by atoms with Crippen LogP contribution in [-0.2, 0) is 4.79 Å². The molecule has 6 nitrogen and oxygen atoms in total. The lowest BCUT2D eigenvalue weighted by Crippen LogP contribution is -2.45. The smallest absolute Gasteiger partial charge is 0.246 e. The summed E-state index contributed by atoms with van der Waals surface area (Å²) >= 11 is 3.41. The molecule has 4 N–H and O–H groups in total. The topological polar surface area (TPSA) is 85.8 Å². The Hall–Kier alpha value is -0.870. The van der Waals surface area contributed by atoms with Crippen molar-refractivity contribution < 1.29 is 9.90 Å². The first kappa shape index (κ1) is 23.2. The van der Waals surface area contributed by atoms with Gasteiger partial charge in [0.2, 0.25) is 5.91 Å². The van der Waals surface area contributed by atoms with Crippen LogP contribution in [0.15, 0.2) is 27.7 Å². The van der Waals surface area contributed by atoms with Gasteiger partial charge in [-0.3, -0.25) is 4.79 Å². The first-order valence-corrected chi connectivity index (χ1v) is 9.56. The molecule has 0 atom stereocenters. The Labute approximate surface area is 180 Å². The Morgan fingerprint density at radius 2 is 2.00 bits per heavy atom. The van der Waals surface area contributed by atoms with Crippen molar-refractivity contribution in [3.05, 3.63) is 28.2 Å². The van der Waals surface area contributed by atoms with Crippen LogP contribution >= 0.6 is 39.9 Å². The summed E-state index contributed by atoms with van der Waals surface area (Å²) in [6.45, 7) is 4.73. The number of aliphatic imine (C=N–C) groups is 1. The van der Waals surface area contributed by atoms with Crippen molar-refractivity contribution in [2.45, 2.75) is 51.7 Å². The van der Waals surface area contributed by atoms with Gasteiger partial charge in [0, 0.05) is 22.7 Å². The average molecular weight is 539 g/mol. The predicted octanol–water partition coefficient (Wildman–Crippen LogP) is 3.17. The van der Waals surface area contributed by atoms with Gasteiger partial charge in [0.25, 0.3) is 0 Å². The van der Waals surface area contributed by atoms with Crippen LogP contribution in [-0.4, -0.2) is 42.2 Å². The number of hydrogen-bond acceptors (Lipinski definition) is 3. The standard InChI is InChI=1S/C18H27BrN4O2.HI/c1-3-20-18(22-14-6-8-15(24)9-7-14)21-11-17(25)23-16-10-13(19)5-4-12(16)2;/h4-5,10,14-15,24H,3,6-9,11H2,1-2H3,(H,23,25)(H2,20,21,22);1H. The number of anilines is 1. The first-order chi connectivity index (χ1) is 12.0. The maximum Gasteiger partial charge on any atom is 0.246 e. The Morgan fingerprint density at radius 3 is 2.65 bits per heavy atom. The summed E-state index contributed by atoms with van der Waals surface area (Å²) in [5, 5.41) is 19.0. The monoisotopic (exact) mass is 538 g/mol. The molecule has 146 valence electrons. The summed E-state index contributed by atoms with van der Waals surface area (Å²) in [6, 6.07) is 6.06. The number of nitrogens with one attached hydrogen (secondary N) is 3. The number of aliphatic hydroxyl groups excluding tert-OH is 1. The molecule has 26 heavy (non-hydrogen) atoms.